The molecule has 0 aromatic carbocycles. The number of hydrogen-bond acceptors (Lipinski definition) is 7. The third-order valence-corrected chi connectivity index (χ3v) is 5.80. The van der Waals surface area contributed by atoms with Gasteiger partial charge in [-0.2, -0.15) is 0 Å². The lowest BCUT2D eigenvalue weighted by Gasteiger charge is -2.37. The first kappa shape index (κ1) is 19.2. The zero-order valence-corrected chi connectivity index (χ0v) is 17.0. The van der Waals surface area contributed by atoms with E-state index < -0.39 is 0 Å². The molecular formula is C21H26N6O3. The fourth-order valence-electron chi connectivity index (χ4n) is 4.16. The van der Waals surface area contributed by atoms with Crippen LogP contribution in [0.25, 0.3) is 11.5 Å². The van der Waals surface area contributed by atoms with Crippen molar-refractivity contribution in [1.82, 2.24) is 24.8 Å². The van der Waals surface area contributed by atoms with E-state index in [1.165, 1.54) is 0 Å². The molecular weight excluding hydrogens is 384 g/mol. The summed E-state index contributed by atoms with van der Waals surface area (Å²) >= 11 is 0. The highest BCUT2D eigenvalue weighted by molar-refractivity contribution is 5.75. The normalized spacial score (nSPS) is 19.5. The molecule has 0 bridgehead atoms. The number of urea groups is 1. The van der Waals surface area contributed by atoms with Crippen LogP contribution in [0, 0.1) is 0 Å². The van der Waals surface area contributed by atoms with Gasteiger partial charge < -0.3 is 24.2 Å². The topological polar surface area (TPSA) is 83.9 Å². The average Bonchev–Trinajstić information content (AvgIpc) is 2.84. The minimum absolute atomic E-state index is 0.0747. The first-order chi connectivity index (χ1) is 14.8. The Kier molecular flexibility index (Phi) is 5.46. The highest BCUT2D eigenvalue weighted by Gasteiger charge is 2.31. The van der Waals surface area contributed by atoms with E-state index in [1.807, 2.05) is 28.0 Å². The molecule has 2 aromatic heterocycles. The first-order valence-electron chi connectivity index (χ1n) is 10.5. The monoisotopic (exact) mass is 410 g/mol. The fourth-order valence-corrected chi connectivity index (χ4v) is 4.16. The Bertz CT molecular complexity index is 897. The Balaban J connectivity index is 1.48. The summed E-state index contributed by atoms with van der Waals surface area (Å²) in [4.78, 5) is 33.3. The van der Waals surface area contributed by atoms with E-state index in [1.54, 1.807) is 6.20 Å². The van der Waals surface area contributed by atoms with Crippen molar-refractivity contribution in [2.24, 2.45) is 0 Å². The zero-order chi connectivity index (χ0) is 20.3. The van der Waals surface area contributed by atoms with Gasteiger partial charge in [-0.25, -0.2) is 14.8 Å². The number of aromatic nitrogens is 3. The second-order valence-corrected chi connectivity index (χ2v) is 7.66. The predicted octanol–water partition coefficient (Wildman–Crippen LogP) is 1.19. The Morgan fingerprint density at radius 1 is 0.900 bits per heavy atom. The molecule has 158 valence electrons. The van der Waals surface area contributed by atoms with Crippen molar-refractivity contribution >= 4 is 11.8 Å². The van der Waals surface area contributed by atoms with E-state index in [4.69, 9.17) is 19.4 Å². The molecule has 0 aliphatic carbocycles. The molecule has 2 amide bonds. The molecule has 5 rings (SSSR count). The molecule has 30 heavy (non-hydrogen) atoms. The summed E-state index contributed by atoms with van der Waals surface area (Å²) in [6.07, 6.45) is 2.47. The van der Waals surface area contributed by atoms with Gasteiger partial charge in [-0.15, -0.1) is 0 Å². The number of amides is 2. The number of rotatable bonds is 2. The molecule has 2 aromatic rings. The molecule has 0 unspecified atom stereocenters. The molecule has 9 nitrogen and oxygen atoms in total. The van der Waals surface area contributed by atoms with Crippen molar-refractivity contribution in [2.75, 3.05) is 64.1 Å². The molecule has 0 saturated carbocycles. The lowest BCUT2D eigenvalue weighted by molar-refractivity contribution is 0.0421. The van der Waals surface area contributed by atoms with Crippen LogP contribution in [0.15, 0.2) is 24.4 Å². The van der Waals surface area contributed by atoms with Crippen LogP contribution in [0.2, 0.25) is 0 Å². The Morgan fingerprint density at radius 3 is 2.40 bits per heavy atom. The van der Waals surface area contributed by atoms with Crippen LogP contribution >= 0.6 is 0 Å². The van der Waals surface area contributed by atoms with Crippen LogP contribution in [0.5, 0.6) is 0 Å². The minimum Gasteiger partial charge on any atom is -0.378 e. The molecule has 5 heterocycles. The highest BCUT2D eigenvalue weighted by atomic mass is 16.5. The van der Waals surface area contributed by atoms with Crippen molar-refractivity contribution in [3.05, 3.63) is 35.7 Å². The molecule has 0 atom stereocenters. The van der Waals surface area contributed by atoms with Gasteiger partial charge >= 0.3 is 6.03 Å². The molecule has 3 aliphatic heterocycles. The number of carbonyl (C=O) groups excluding carboxylic acids is 1. The molecule has 2 fully saturated rings. The second-order valence-electron chi connectivity index (χ2n) is 7.66. The number of ether oxygens (including phenoxy) is 2. The van der Waals surface area contributed by atoms with E-state index >= 15 is 0 Å². The van der Waals surface area contributed by atoms with Crippen molar-refractivity contribution in [1.29, 1.82) is 0 Å². The lowest BCUT2D eigenvalue weighted by atomic mass is 10.0. The lowest BCUT2D eigenvalue weighted by Crippen LogP contribution is -2.50. The van der Waals surface area contributed by atoms with Crippen LogP contribution < -0.4 is 4.90 Å². The predicted molar refractivity (Wildman–Crippen MR) is 110 cm³/mol. The summed E-state index contributed by atoms with van der Waals surface area (Å²) in [6, 6.07) is 5.84. The summed E-state index contributed by atoms with van der Waals surface area (Å²) < 4.78 is 10.9. The third kappa shape index (κ3) is 3.82. The SMILES string of the molecule is O=C(N1CCOCC1)N1CCc2nc(-c3ccccn3)nc(N3CCOCC3)c2C1. The summed E-state index contributed by atoms with van der Waals surface area (Å²) in [5.74, 6) is 1.55. The number of hydrogen-bond donors (Lipinski definition) is 0. The van der Waals surface area contributed by atoms with Gasteiger partial charge in [0.25, 0.3) is 0 Å². The molecule has 0 N–H and O–H groups in total. The van der Waals surface area contributed by atoms with Crippen molar-refractivity contribution in [3.8, 4) is 11.5 Å². The quantitative estimate of drug-likeness (QED) is 0.735. The van der Waals surface area contributed by atoms with Crippen LogP contribution in [0.4, 0.5) is 10.6 Å². The van der Waals surface area contributed by atoms with E-state index in [0.717, 1.165) is 35.9 Å². The summed E-state index contributed by atoms with van der Waals surface area (Å²) in [5.41, 5.74) is 2.82. The minimum atomic E-state index is 0.0747. The van der Waals surface area contributed by atoms with Gasteiger partial charge in [0.2, 0.25) is 0 Å². The number of carbonyl (C=O) groups is 1. The van der Waals surface area contributed by atoms with Crippen LogP contribution in [0.1, 0.15) is 11.3 Å². The number of morpholine rings is 2. The zero-order valence-electron chi connectivity index (χ0n) is 17.0. The first-order valence-corrected chi connectivity index (χ1v) is 10.5. The van der Waals surface area contributed by atoms with Gasteiger partial charge in [-0.3, -0.25) is 4.98 Å². The van der Waals surface area contributed by atoms with Crippen LogP contribution in [-0.2, 0) is 22.4 Å². The van der Waals surface area contributed by atoms with Gasteiger partial charge in [-0.1, -0.05) is 6.07 Å². The average molecular weight is 410 g/mol. The molecule has 0 radical (unpaired) electrons. The van der Waals surface area contributed by atoms with E-state index in [0.29, 0.717) is 64.9 Å². The maximum atomic E-state index is 13.1. The number of fused-ring (bicyclic) bond motifs is 1. The second kappa shape index (κ2) is 8.53. The van der Waals surface area contributed by atoms with Gasteiger partial charge in [0, 0.05) is 50.9 Å². The maximum absolute atomic E-state index is 13.1. The van der Waals surface area contributed by atoms with Crippen LogP contribution in [0.3, 0.4) is 0 Å². The Labute approximate surface area is 175 Å². The smallest absolute Gasteiger partial charge is 0.320 e. The van der Waals surface area contributed by atoms with Crippen molar-refractivity contribution < 1.29 is 14.3 Å². The number of anilines is 1. The Morgan fingerprint density at radius 2 is 1.67 bits per heavy atom. The fraction of sp³-hybridized carbons (Fsp3) is 0.524. The maximum Gasteiger partial charge on any atom is 0.320 e. The number of nitrogens with zero attached hydrogens (tertiary/aromatic N) is 6. The summed E-state index contributed by atoms with van der Waals surface area (Å²) in [6.45, 7) is 6.59. The van der Waals surface area contributed by atoms with E-state index in [2.05, 4.69) is 9.88 Å². The highest BCUT2D eigenvalue weighted by Crippen LogP contribution is 2.30. The van der Waals surface area contributed by atoms with Crippen molar-refractivity contribution in [3.63, 3.8) is 0 Å². The molecule has 9 heteroatoms. The van der Waals surface area contributed by atoms with E-state index in [-0.39, 0.29) is 6.03 Å². The molecule has 3 aliphatic rings. The van der Waals surface area contributed by atoms with Gasteiger partial charge in [-0.05, 0) is 12.1 Å². The molecule has 0 spiro atoms. The Hall–Kier alpha value is -2.78. The van der Waals surface area contributed by atoms with Gasteiger partial charge in [0.1, 0.15) is 11.5 Å². The third-order valence-electron chi connectivity index (χ3n) is 5.80. The standard InChI is InChI=1S/C21H26N6O3/c28-21(26-9-13-30-14-10-26)27-6-4-17-16(15-27)20(25-7-11-29-12-8-25)24-19(23-17)18-3-1-2-5-22-18/h1-3,5H,4,6-15H2. The summed E-state index contributed by atoms with van der Waals surface area (Å²) in [5, 5.41) is 0. The summed E-state index contributed by atoms with van der Waals surface area (Å²) in [7, 11) is 0. The van der Waals surface area contributed by atoms with E-state index in [9.17, 15) is 4.79 Å². The number of pyridine rings is 1. The van der Waals surface area contributed by atoms with Crippen LogP contribution in [-0.4, -0.2) is 89.9 Å². The largest absolute Gasteiger partial charge is 0.378 e. The van der Waals surface area contributed by atoms with Gasteiger partial charge in [0.05, 0.1) is 38.7 Å². The van der Waals surface area contributed by atoms with Gasteiger partial charge in [0.15, 0.2) is 5.82 Å². The molecule has 2 saturated heterocycles. The van der Waals surface area contributed by atoms with Crippen molar-refractivity contribution in [2.45, 2.75) is 13.0 Å².